The van der Waals surface area contributed by atoms with Crippen molar-refractivity contribution in [2.24, 2.45) is 0 Å². The number of halogens is 1. The molecule has 1 amide bonds. The Morgan fingerprint density at radius 2 is 1.78 bits per heavy atom. The number of nitrogens with one attached hydrogen (secondary N) is 1. The van der Waals surface area contributed by atoms with Crippen LogP contribution >= 0.6 is 15.9 Å². The summed E-state index contributed by atoms with van der Waals surface area (Å²) in [4.78, 5) is 11.9. The molecule has 0 spiro atoms. The molecule has 5 heteroatoms. The van der Waals surface area contributed by atoms with Crippen LogP contribution in [0.15, 0.2) is 53.0 Å². The quantitative estimate of drug-likeness (QED) is 0.681. The van der Waals surface area contributed by atoms with Gasteiger partial charge in [-0.15, -0.1) is 0 Å². The number of carbonyl (C=O) groups excluding carboxylic acids is 1. The molecule has 0 aliphatic heterocycles. The Morgan fingerprint density at radius 1 is 1.09 bits per heavy atom. The first-order chi connectivity index (χ1) is 11.2. The molecule has 0 saturated carbocycles. The van der Waals surface area contributed by atoms with Crippen LogP contribution in [0.3, 0.4) is 0 Å². The van der Waals surface area contributed by atoms with E-state index in [0.717, 1.165) is 21.7 Å². The van der Waals surface area contributed by atoms with Gasteiger partial charge in [-0.3, -0.25) is 4.79 Å². The lowest BCUT2D eigenvalue weighted by atomic mass is 10.2. The molecular formula is C18H20BrNO3. The molecule has 2 aromatic carbocycles. The van der Waals surface area contributed by atoms with Gasteiger partial charge >= 0.3 is 0 Å². The van der Waals surface area contributed by atoms with E-state index in [2.05, 4.69) is 21.2 Å². The van der Waals surface area contributed by atoms with Gasteiger partial charge in [0.05, 0.1) is 13.2 Å². The van der Waals surface area contributed by atoms with Crippen molar-refractivity contribution in [3.63, 3.8) is 0 Å². The Kier molecular flexibility index (Phi) is 6.94. The van der Waals surface area contributed by atoms with Gasteiger partial charge in [-0.25, -0.2) is 0 Å². The highest BCUT2D eigenvalue weighted by Gasteiger charge is 2.03. The third-order valence-corrected chi connectivity index (χ3v) is 3.55. The average Bonchev–Trinajstić information content (AvgIpc) is 2.53. The van der Waals surface area contributed by atoms with Crippen molar-refractivity contribution in [2.45, 2.75) is 19.8 Å². The van der Waals surface area contributed by atoms with Crippen molar-refractivity contribution >= 4 is 27.5 Å². The van der Waals surface area contributed by atoms with E-state index in [1.165, 1.54) is 0 Å². The smallest absolute Gasteiger partial charge is 0.224 e. The fourth-order valence-electron chi connectivity index (χ4n) is 2.01. The third kappa shape index (κ3) is 6.32. The third-order valence-electron chi connectivity index (χ3n) is 3.06. The second-order valence-corrected chi connectivity index (χ2v) is 5.83. The number of hydrogen-bond acceptors (Lipinski definition) is 3. The van der Waals surface area contributed by atoms with E-state index in [0.29, 0.717) is 26.1 Å². The molecule has 1 N–H and O–H groups in total. The lowest BCUT2D eigenvalue weighted by Crippen LogP contribution is -2.12. The summed E-state index contributed by atoms with van der Waals surface area (Å²) in [6.45, 7) is 3.09. The molecule has 0 radical (unpaired) electrons. The van der Waals surface area contributed by atoms with Crippen molar-refractivity contribution in [1.29, 1.82) is 0 Å². The fraction of sp³-hybridized carbons (Fsp3) is 0.278. The summed E-state index contributed by atoms with van der Waals surface area (Å²) in [5, 5.41) is 2.86. The number of carbonyl (C=O) groups is 1. The van der Waals surface area contributed by atoms with E-state index in [1.807, 2.05) is 55.5 Å². The van der Waals surface area contributed by atoms with E-state index in [4.69, 9.17) is 9.47 Å². The molecule has 0 aliphatic carbocycles. The molecule has 2 aromatic rings. The van der Waals surface area contributed by atoms with Gasteiger partial charge in [0.1, 0.15) is 11.5 Å². The minimum atomic E-state index is -0.0154. The second kappa shape index (κ2) is 9.20. The van der Waals surface area contributed by atoms with Gasteiger partial charge in [-0.1, -0.05) is 22.0 Å². The maximum Gasteiger partial charge on any atom is 0.224 e. The Balaban J connectivity index is 1.67. The zero-order chi connectivity index (χ0) is 16.5. The largest absolute Gasteiger partial charge is 0.494 e. The highest BCUT2D eigenvalue weighted by molar-refractivity contribution is 9.10. The van der Waals surface area contributed by atoms with Gasteiger partial charge in [0.2, 0.25) is 5.91 Å². The molecule has 0 aliphatic rings. The standard InChI is InChI=1S/C18H20BrNO3/c1-2-22-16-8-10-17(11-9-16)23-12-4-7-18(21)20-15-6-3-5-14(19)13-15/h3,5-6,8-11,13H,2,4,7,12H2,1H3,(H,20,21). The minimum absolute atomic E-state index is 0.0154. The summed E-state index contributed by atoms with van der Waals surface area (Å²) >= 11 is 3.38. The Bertz CT molecular complexity index is 628. The van der Waals surface area contributed by atoms with E-state index in [-0.39, 0.29) is 5.91 Å². The van der Waals surface area contributed by atoms with Crippen molar-refractivity contribution < 1.29 is 14.3 Å². The number of anilines is 1. The number of hydrogen-bond donors (Lipinski definition) is 1. The van der Waals surface area contributed by atoms with E-state index in [1.54, 1.807) is 0 Å². The monoisotopic (exact) mass is 377 g/mol. The molecule has 0 aromatic heterocycles. The summed E-state index contributed by atoms with van der Waals surface area (Å²) in [5.74, 6) is 1.59. The lowest BCUT2D eigenvalue weighted by Gasteiger charge is -2.08. The van der Waals surface area contributed by atoms with Crippen LogP contribution in [0.2, 0.25) is 0 Å². The summed E-state index contributed by atoms with van der Waals surface area (Å²) < 4.78 is 11.9. The zero-order valence-electron chi connectivity index (χ0n) is 13.0. The molecule has 122 valence electrons. The molecule has 0 saturated heterocycles. The Morgan fingerprint density at radius 3 is 2.43 bits per heavy atom. The summed E-state index contributed by atoms with van der Waals surface area (Å²) in [6, 6.07) is 15.0. The molecule has 0 unspecified atom stereocenters. The van der Waals surface area contributed by atoms with Crippen LogP contribution in [0.25, 0.3) is 0 Å². The van der Waals surface area contributed by atoms with Crippen LogP contribution in [0.4, 0.5) is 5.69 Å². The summed E-state index contributed by atoms with van der Waals surface area (Å²) in [5.41, 5.74) is 0.789. The molecular weight excluding hydrogens is 358 g/mol. The maximum atomic E-state index is 11.9. The summed E-state index contributed by atoms with van der Waals surface area (Å²) in [7, 11) is 0. The Hall–Kier alpha value is -2.01. The van der Waals surface area contributed by atoms with E-state index >= 15 is 0 Å². The molecule has 0 atom stereocenters. The Labute approximate surface area is 144 Å². The highest BCUT2D eigenvalue weighted by Crippen LogP contribution is 2.18. The molecule has 23 heavy (non-hydrogen) atoms. The first-order valence-electron chi connectivity index (χ1n) is 7.58. The lowest BCUT2D eigenvalue weighted by molar-refractivity contribution is -0.116. The van der Waals surface area contributed by atoms with Crippen LogP contribution in [0, 0.1) is 0 Å². The topological polar surface area (TPSA) is 47.6 Å². The number of amides is 1. The highest BCUT2D eigenvalue weighted by atomic mass is 79.9. The molecule has 0 bridgehead atoms. The number of rotatable bonds is 8. The predicted molar refractivity (Wildman–Crippen MR) is 95.1 cm³/mol. The van der Waals surface area contributed by atoms with Gasteiger partial charge in [-0.05, 0) is 55.8 Å². The van der Waals surface area contributed by atoms with Gasteiger partial charge in [0, 0.05) is 16.6 Å². The predicted octanol–water partition coefficient (Wildman–Crippen LogP) is 4.65. The van der Waals surface area contributed by atoms with Crippen molar-refractivity contribution in [2.75, 3.05) is 18.5 Å². The number of ether oxygens (including phenoxy) is 2. The van der Waals surface area contributed by atoms with Crippen molar-refractivity contribution in [3.05, 3.63) is 53.0 Å². The van der Waals surface area contributed by atoms with Crippen LogP contribution < -0.4 is 14.8 Å². The number of benzene rings is 2. The SMILES string of the molecule is CCOc1ccc(OCCCC(=O)Nc2cccc(Br)c2)cc1. The van der Waals surface area contributed by atoms with Gasteiger partial charge in [0.15, 0.2) is 0 Å². The molecule has 0 heterocycles. The van der Waals surface area contributed by atoms with Gasteiger partial charge in [0.25, 0.3) is 0 Å². The van der Waals surface area contributed by atoms with Crippen molar-refractivity contribution in [1.82, 2.24) is 0 Å². The molecule has 4 nitrogen and oxygen atoms in total. The van der Waals surface area contributed by atoms with Crippen LogP contribution in [-0.4, -0.2) is 19.1 Å². The first-order valence-corrected chi connectivity index (χ1v) is 8.38. The average molecular weight is 378 g/mol. The van der Waals surface area contributed by atoms with Crippen molar-refractivity contribution in [3.8, 4) is 11.5 Å². The maximum absolute atomic E-state index is 11.9. The van der Waals surface area contributed by atoms with Crippen LogP contribution in [-0.2, 0) is 4.79 Å². The molecule has 0 fully saturated rings. The molecule has 2 rings (SSSR count). The van der Waals surface area contributed by atoms with E-state index in [9.17, 15) is 4.79 Å². The van der Waals surface area contributed by atoms with Crippen LogP contribution in [0.5, 0.6) is 11.5 Å². The van der Waals surface area contributed by atoms with E-state index < -0.39 is 0 Å². The normalized spacial score (nSPS) is 10.2. The first kappa shape index (κ1) is 17.3. The van der Waals surface area contributed by atoms with Gasteiger partial charge in [-0.2, -0.15) is 0 Å². The summed E-state index contributed by atoms with van der Waals surface area (Å²) in [6.07, 6.45) is 1.08. The second-order valence-electron chi connectivity index (χ2n) is 4.91. The fourth-order valence-corrected chi connectivity index (χ4v) is 2.41. The van der Waals surface area contributed by atoms with Crippen LogP contribution in [0.1, 0.15) is 19.8 Å². The van der Waals surface area contributed by atoms with Gasteiger partial charge < -0.3 is 14.8 Å². The zero-order valence-corrected chi connectivity index (χ0v) is 14.6. The minimum Gasteiger partial charge on any atom is -0.494 e.